The first-order valence-electron chi connectivity index (χ1n) is 9.58. The normalized spacial score (nSPS) is 14.8. The maximum absolute atomic E-state index is 12.5. The summed E-state index contributed by atoms with van der Waals surface area (Å²) in [5, 5.41) is 3.00. The van der Waals surface area contributed by atoms with Crippen molar-refractivity contribution >= 4 is 17.9 Å². The van der Waals surface area contributed by atoms with Gasteiger partial charge in [-0.05, 0) is 42.2 Å². The largest absolute Gasteiger partial charge is 0.497 e. The lowest BCUT2D eigenvalue weighted by Crippen LogP contribution is -2.42. The molecule has 0 spiro atoms. The molecule has 0 radical (unpaired) electrons. The van der Waals surface area contributed by atoms with Gasteiger partial charge in [0.05, 0.1) is 7.11 Å². The zero-order valence-corrected chi connectivity index (χ0v) is 16.1. The van der Waals surface area contributed by atoms with Crippen molar-refractivity contribution in [2.45, 2.75) is 19.4 Å². The first-order chi connectivity index (χ1) is 13.7. The molecule has 1 aliphatic rings. The summed E-state index contributed by atoms with van der Waals surface area (Å²) in [6.45, 7) is 1.69. The molecule has 5 heteroatoms. The van der Waals surface area contributed by atoms with Gasteiger partial charge in [0.25, 0.3) is 0 Å². The van der Waals surface area contributed by atoms with Gasteiger partial charge in [0, 0.05) is 31.6 Å². The second-order valence-corrected chi connectivity index (χ2v) is 6.91. The van der Waals surface area contributed by atoms with Gasteiger partial charge in [0.1, 0.15) is 5.75 Å². The molecule has 0 aromatic heterocycles. The number of methoxy groups -OCH3 is 1. The van der Waals surface area contributed by atoms with Gasteiger partial charge < -0.3 is 15.0 Å². The lowest BCUT2D eigenvalue weighted by atomic mass is 9.95. The van der Waals surface area contributed by atoms with Gasteiger partial charge in [-0.15, -0.1) is 0 Å². The average Bonchev–Trinajstić information content (AvgIpc) is 2.76. The summed E-state index contributed by atoms with van der Waals surface area (Å²) < 4.78 is 5.20. The molecule has 1 aliphatic heterocycles. The second-order valence-electron chi connectivity index (χ2n) is 6.91. The van der Waals surface area contributed by atoms with Gasteiger partial charge in [-0.2, -0.15) is 0 Å². The molecule has 0 bridgehead atoms. The minimum atomic E-state index is -0.0484. The van der Waals surface area contributed by atoms with Crippen LogP contribution in [0.15, 0.2) is 60.7 Å². The molecule has 2 aromatic rings. The molecule has 0 saturated carbocycles. The smallest absolute Gasteiger partial charge is 0.246 e. The van der Waals surface area contributed by atoms with Crippen molar-refractivity contribution in [3.05, 3.63) is 71.8 Å². The number of ether oxygens (including phenoxy) is 1. The highest BCUT2D eigenvalue weighted by Crippen LogP contribution is 2.19. The van der Waals surface area contributed by atoms with Crippen LogP contribution in [-0.4, -0.2) is 36.9 Å². The quantitative estimate of drug-likeness (QED) is 0.785. The maximum Gasteiger partial charge on any atom is 0.246 e. The van der Waals surface area contributed by atoms with Crippen LogP contribution in [0.25, 0.3) is 6.08 Å². The average molecular weight is 378 g/mol. The predicted molar refractivity (Wildman–Crippen MR) is 110 cm³/mol. The van der Waals surface area contributed by atoms with Crippen LogP contribution in [0.5, 0.6) is 5.75 Å². The molecule has 28 heavy (non-hydrogen) atoms. The van der Waals surface area contributed by atoms with Crippen LogP contribution in [0, 0.1) is 5.92 Å². The van der Waals surface area contributed by atoms with Crippen LogP contribution < -0.4 is 10.1 Å². The molecule has 1 heterocycles. The number of hydrogen-bond donors (Lipinski definition) is 1. The summed E-state index contributed by atoms with van der Waals surface area (Å²) >= 11 is 0. The van der Waals surface area contributed by atoms with E-state index in [0.29, 0.717) is 32.5 Å². The number of nitrogens with one attached hydrogen (secondary N) is 1. The Balaban J connectivity index is 1.44. The highest BCUT2D eigenvalue weighted by molar-refractivity contribution is 5.92. The summed E-state index contributed by atoms with van der Waals surface area (Å²) in [5.74, 6) is 0.781. The van der Waals surface area contributed by atoms with Crippen molar-refractivity contribution in [1.82, 2.24) is 10.2 Å². The molecule has 3 rings (SSSR count). The van der Waals surface area contributed by atoms with Crippen LogP contribution in [0.2, 0.25) is 0 Å². The van der Waals surface area contributed by atoms with Crippen LogP contribution in [0.3, 0.4) is 0 Å². The number of rotatable bonds is 6. The van der Waals surface area contributed by atoms with Crippen molar-refractivity contribution in [2.75, 3.05) is 20.2 Å². The third kappa shape index (κ3) is 5.46. The van der Waals surface area contributed by atoms with Crippen LogP contribution in [0.4, 0.5) is 0 Å². The molecular weight excluding hydrogens is 352 g/mol. The van der Waals surface area contributed by atoms with Gasteiger partial charge >= 0.3 is 0 Å². The topological polar surface area (TPSA) is 58.6 Å². The number of nitrogens with zero attached hydrogens (tertiary/aromatic N) is 1. The van der Waals surface area contributed by atoms with E-state index in [1.165, 1.54) is 0 Å². The van der Waals surface area contributed by atoms with E-state index >= 15 is 0 Å². The SMILES string of the molecule is COc1cccc(CNC(=O)C2CCN(C(=O)/C=C/c3ccccc3)CC2)c1. The minimum absolute atomic E-state index is 0.000841. The molecule has 146 valence electrons. The van der Waals surface area contributed by atoms with Gasteiger partial charge in [-0.25, -0.2) is 0 Å². The van der Waals surface area contributed by atoms with E-state index in [0.717, 1.165) is 16.9 Å². The standard InChI is InChI=1S/C23H26N2O3/c1-28-21-9-5-8-19(16-21)17-24-23(27)20-12-14-25(15-13-20)22(26)11-10-18-6-3-2-4-7-18/h2-11,16,20H,12-15,17H2,1H3,(H,24,27)/b11-10+. The fourth-order valence-electron chi connectivity index (χ4n) is 3.32. The number of hydrogen-bond acceptors (Lipinski definition) is 3. The van der Waals surface area contributed by atoms with E-state index in [1.807, 2.05) is 65.6 Å². The Kier molecular flexibility index (Phi) is 6.84. The molecule has 1 saturated heterocycles. The summed E-state index contributed by atoms with van der Waals surface area (Å²) in [6.07, 6.45) is 4.82. The number of likely N-dealkylation sites (tertiary alicyclic amines) is 1. The summed E-state index contributed by atoms with van der Waals surface area (Å²) in [5.41, 5.74) is 2.01. The van der Waals surface area contributed by atoms with E-state index < -0.39 is 0 Å². The van der Waals surface area contributed by atoms with E-state index in [2.05, 4.69) is 5.32 Å². The fourth-order valence-corrected chi connectivity index (χ4v) is 3.32. The van der Waals surface area contributed by atoms with E-state index in [9.17, 15) is 9.59 Å². The van der Waals surface area contributed by atoms with Crippen molar-refractivity contribution in [3.8, 4) is 5.75 Å². The Labute approximate surface area is 166 Å². The Morgan fingerprint density at radius 1 is 1.11 bits per heavy atom. The first-order valence-corrected chi connectivity index (χ1v) is 9.58. The molecule has 0 unspecified atom stereocenters. The summed E-state index contributed by atoms with van der Waals surface area (Å²) in [7, 11) is 1.63. The Morgan fingerprint density at radius 2 is 1.86 bits per heavy atom. The predicted octanol–water partition coefficient (Wildman–Crippen LogP) is 3.26. The molecule has 0 atom stereocenters. The van der Waals surface area contributed by atoms with Gasteiger partial charge in [0.15, 0.2) is 0 Å². The number of carbonyl (C=O) groups excluding carboxylic acids is 2. The van der Waals surface area contributed by atoms with Gasteiger partial charge in [-0.1, -0.05) is 42.5 Å². The first kappa shape index (κ1) is 19.7. The van der Waals surface area contributed by atoms with E-state index in [4.69, 9.17) is 4.74 Å². The van der Waals surface area contributed by atoms with Crippen LogP contribution in [-0.2, 0) is 16.1 Å². The minimum Gasteiger partial charge on any atom is -0.497 e. The number of benzene rings is 2. The third-order valence-electron chi connectivity index (χ3n) is 5.00. The third-order valence-corrected chi connectivity index (χ3v) is 5.00. The highest BCUT2D eigenvalue weighted by atomic mass is 16.5. The highest BCUT2D eigenvalue weighted by Gasteiger charge is 2.26. The second kappa shape index (κ2) is 9.74. The van der Waals surface area contributed by atoms with Gasteiger partial charge in [0.2, 0.25) is 11.8 Å². The molecule has 2 amide bonds. The number of carbonyl (C=O) groups is 2. The zero-order valence-electron chi connectivity index (χ0n) is 16.1. The Morgan fingerprint density at radius 3 is 2.57 bits per heavy atom. The summed E-state index contributed by atoms with van der Waals surface area (Å²) in [6, 6.07) is 17.4. The molecule has 5 nitrogen and oxygen atoms in total. The van der Waals surface area contributed by atoms with Crippen molar-refractivity contribution in [3.63, 3.8) is 0 Å². The van der Waals surface area contributed by atoms with Crippen molar-refractivity contribution in [1.29, 1.82) is 0 Å². The Hall–Kier alpha value is -3.08. The van der Waals surface area contributed by atoms with E-state index in [1.54, 1.807) is 13.2 Å². The van der Waals surface area contributed by atoms with Crippen LogP contribution in [0.1, 0.15) is 24.0 Å². The zero-order chi connectivity index (χ0) is 19.8. The lowest BCUT2D eigenvalue weighted by molar-refractivity contribution is -0.132. The molecule has 0 aliphatic carbocycles. The fraction of sp³-hybridized carbons (Fsp3) is 0.304. The molecule has 1 N–H and O–H groups in total. The van der Waals surface area contributed by atoms with Gasteiger partial charge in [-0.3, -0.25) is 9.59 Å². The number of piperidine rings is 1. The lowest BCUT2D eigenvalue weighted by Gasteiger charge is -2.30. The van der Waals surface area contributed by atoms with Crippen molar-refractivity contribution < 1.29 is 14.3 Å². The number of amides is 2. The molecular formula is C23H26N2O3. The van der Waals surface area contributed by atoms with Crippen molar-refractivity contribution in [2.24, 2.45) is 5.92 Å². The monoisotopic (exact) mass is 378 g/mol. The summed E-state index contributed by atoms with van der Waals surface area (Å²) in [4.78, 5) is 26.6. The van der Waals surface area contributed by atoms with Crippen LogP contribution >= 0.6 is 0 Å². The van der Waals surface area contributed by atoms with E-state index in [-0.39, 0.29) is 17.7 Å². The molecule has 2 aromatic carbocycles. The maximum atomic E-state index is 12.5. The molecule has 1 fully saturated rings. The Bertz CT molecular complexity index is 825.